The van der Waals surface area contributed by atoms with Crippen LogP contribution >= 0.6 is 11.8 Å². The minimum absolute atomic E-state index is 0.0833. The van der Waals surface area contributed by atoms with Crippen molar-refractivity contribution in [3.8, 4) is 0 Å². The number of rotatable bonds is 3. The molecular weight excluding hydrogens is 292 g/mol. The minimum Gasteiger partial charge on any atom is -0.360 e. The molecule has 0 unspecified atom stereocenters. The first-order valence-electron chi connectivity index (χ1n) is 6.48. The second-order valence-corrected chi connectivity index (χ2v) is 5.93. The number of hydrogen-bond acceptors (Lipinski definition) is 6. The molecule has 1 atom stereocenters. The number of anilines is 1. The lowest BCUT2D eigenvalue weighted by molar-refractivity contribution is -0.116. The Hall–Kier alpha value is -2.09. The molecule has 0 aliphatic carbocycles. The average Bonchev–Trinajstić information content (AvgIpc) is 3.01. The molecule has 3 rings (SSSR count). The van der Waals surface area contributed by atoms with Crippen LogP contribution in [0.2, 0.25) is 0 Å². The molecule has 1 amide bonds. The van der Waals surface area contributed by atoms with Crippen molar-refractivity contribution in [2.24, 2.45) is 0 Å². The van der Waals surface area contributed by atoms with E-state index in [2.05, 4.69) is 15.5 Å². The summed E-state index contributed by atoms with van der Waals surface area (Å²) < 4.78 is 6.50. The molecule has 7 nitrogen and oxygen atoms in total. The summed E-state index contributed by atoms with van der Waals surface area (Å²) in [6.45, 7) is 3.47. The van der Waals surface area contributed by atoms with Gasteiger partial charge in [-0.25, -0.2) is 4.98 Å². The maximum Gasteiger partial charge on any atom is 0.257 e. The lowest BCUT2D eigenvalue weighted by Crippen LogP contribution is -2.28. The molecule has 2 aromatic rings. The van der Waals surface area contributed by atoms with Gasteiger partial charge < -0.3 is 9.84 Å². The Bertz CT molecular complexity index is 752. The Morgan fingerprint density at radius 1 is 1.57 bits per heavy atom. The highest BCUT2D eigenvalue weighted by atomic mass is 32.2. The molecule has 0 saturated carbocycles. The quantitative estimate of drug-likeness (QED) is 0.865. The summed E-state index contributed by atoms with van der Waals surface area (Å²) in [5.74, 6) is 1.48. The lowest BCUT2D eigenvalue weighted by Gasteiger charge is -2.12. The van der Waals surface area contributed by atoms with Gasteiger partial charge >= 0.3 is 0 Å². The van der Waals surface area contributed by atoms with Crippen molar-refractivity contribution in [2.45, 2.75) is 31.5 Å². The van der Waals surface area contributed by atoms with Crippen LogP contribution < -0.4 is 10.9 Å². The van der Waals surface area contributed by atoms with Gasteiger partial charge in [0.1, 0.15) is 5.76 Å². The van der Waals surface area contributed by atoms with E-state index < -0.39 is 0 Å². The topological polar surface area (TPSA) is 90.0 Å². The molecule has 0 aromatic carbocycles. The largest absolute Gasteiger partial charge is 0.360 e. The second-order valence-electron chi connectivity index (χ2n) is 4.94. The van der Waals surface area contributed by atoms with Gasteiger partial charge in [0.15, 0.2) is 11.0 Å². The SMILES string of the molecule is Cc1cc(NC(=O)C[C@@H]2CSc3ncc(C)c(=O)n32)no1. The monoisotopic (exact) mass is 306 g/mol. The van der Waals surface area contributed by atoms with Crippen molar-refractivity contribution in [1.82, 2.24) is 14.7 Å². The summed E-state index contributed by atoms with van der Waals surface area (Å²) in [7, 11) is 0. The zero-order chi connectivity index (χ0) is 15.0. The van der Waals surface area contributed by atoms with Gasteiger partial charge in [0.2, 0.25) is 5.91 Å². The number of carbonyl (C=O) groups excluding carboxylic acids is 1. The van der Waals surface area contributed by atoms with Gasteiger partial charge in [-0.1, -0.05) is 16.9 Å². The molecule has 1 aliphatic rings. The fraction of sp³-hybridized carbons (Fsp3) is 0.385. The lowest BCUT2D eigenvalue weighted by atomic mass is 10.2. The van der Waals surface area contributed by atoms with E-state index >= 15 is 0 Å². The molecule has 21 heavy (non-hydrogen) atoms. The predicted molar refractivity (Wildman–Crippen MR) is 77.5 cm³/mol. The molecule has 3 heterocycles. The van der Waals surface area contributed by atoms with Crippen molar-refractivity contribution >= 4 is 23.5 Å². The summed E-state index contributed by atoms with van der Waals surface area (Å²) in [6, 6.07) is 1.46. The number of fused-ring (bicyclic) bond motifs is 1. The first kappa shape index (κ1) is 13.9. The number of thioether (sulfide) groups is 1. The van der Waals surface area contributed by atoms with Gasteiger partial charge in [0, 0.05) is 30.0 Å². The van der Waals surface area contributed by atoms with E-state index in [1.54, 1.807) is 30.7 Å². The van der Waals surface area contributed by atoms with Crippen molar-refractivity contribution in [2.75, 3.05) is 11.1 Å². The zero-order valence-corrected chi connectivity index (χ0v) is 12.4. The van der Waals surface area contributed by atoms with E-state index in [9.17, 15) is 9.59 Å². The van der Waals surface area contributed by atoms with E-state index in [0.717, 1.165) is 0 Å². The molecule has 1 aliphatic heterocycles. The fourth-order valence-corrected chi connectivity index (χ4v) is 3.31. The van der Waals surface area contributed by atoms with Crippen molar-refractivity contribution < 1.29 is 9.32 Å². The maximum absolute atomic E-state index is 12.2. The Morgan fingerprint density at radius 2 is 2.38 bits per heavy atom. The Labute approximate surface area is 124 Å². The highest BCUT2D eigenvalue weighted by Gasteiger charge is 2.27. The summed E-state index contributed by atoms with van der Waals surface area (Å²) >= 11 is 1.49. The second kappa shape index (κ2) is 5.36. The first-order valence-corrected chi connectivity index (χ1v) is 7.47. The van der Waals surface area contributed by atoms with Gasteiger partial charge in [-0.15, -0.1) is 0 Å². The van der Waals surface area contributed by atoms with Gasteiger partial charge in [0.05, 0.1) is 6.04 Å². The van der Waals surface area contributed by atoms with E-state index in [1.165, 1.54) is 11.8 Å². The van der Waals surface area contributed by atoms with Crippen molar-refractivity contribution in [1.29, 1.82) is 0 Å². The number of aromatic nitrogens is 3. The zero-order valence-electron chi connectivity index (χ0n) is 11.6. The van der Waals surface area contributed by atoms with Crippen molar-refractivity contribution in [3.05, 3.63) is 33.9 Å². The van der Waals surface area contributed by atoms with Crippen LogP contribution in [0.15, 0.2) is 26.7 Å². The Morgan fingerprint density at radius 3 is 3.10 bits per heavy atom. The van der Waals surface area contributed by atoms with E-state index in [-0.39, 0.29) is 23.9 Å². The average molecular weight is 306 g/mol. The van der Waals surface area contributed by atoms with Gasteiger partial charge in [-0.3, -0.25) is 14.2 Å². The Kier molecular flexibility index (Phi) is 3.54. The fourth-order valence-electron chi connectivity index (χ4n) is 2.20. The summed E-state index contributed by atoms with van der Waals surface area (Å²) in [5.41, 5.74) is 0.499. The molecule has 0 fully saturated rings. The third-order valence-electron chi connectivity index (χ3n) is 3.22. The number of nitrogens with one attached hydrogen (secondary N) is 1. The van der Waals surface area contributed by atoms with Crippen LogP contribution in [-0.2, 0) is 4.79 Å². The third-order valence-corrected chi connectivity index (χ3v) is 4.33. The smallest absolute Gasteiger partial charge is 0.257 e. The molecule has 0 radical (unpaired) electrons. The third kappa shape index (κ3) is 2.71. The van der Waals surface area contributed by atoms with Crippen LogP contribution in [0.3, 0.4) is 0 Å². The minimum atomic E-state index is -0.199. The molecule has 1 N–H and O–H groups in total. The molecule has 8 heteroatoms. The van der Waals surface area contributed by atoms with Crippen LogP contribution in [0, 0.1) is 13.8 Å². The number of amides is 1. The van der Waals surface area contributed by atoms with Crippen LogP contribution in [0.25, 0.3) is 0 Å². The van der Waals surface area contributed by atoms with Crippen molar-refractivity contribution in [3.63, 3.8) is 0 Å². The van der Waals surface area contributed by atoms with Crippen LogP contribution in [0.5, 0.6) is 0 Å². The number of nitrogens with zero attached hydrogens (tertiary/aromatic N) is 3. The highest BCUT2D eigenvalue weighted by Crippen LogP contribution is 2.31. The summed E-state index contributed by atoms with van der Waals surface area (Å²) in [4.78, 5) is 28.4. The Balaban J connectivity index is 1.75. The van der Waals surface area contributed by atoms with Gasteiger partial charge in [-0.05, 0) is 13.8 Å². The van der Waals surface area contributed by atoms with Crippen LogP contribution in [0.4, 0.5) is 5.82 Å². The van der Waals surface area contributed by atoms with E-state index in [4.69, 9.17) is 4.52 Å². The molecule has 110 valence electrons. The number of carbonyl (C=O) groups is 1. The highest BCUT2D eigenvalue weighted by molar-refractivity contribution is 7.99. The molecular formula is C13H14N4O3S. The van der Waals surface area contributed by atoms with Gasteiger partial charge in [-0.2, -0.15) is 0 Å². The van der Waals surface area contributed by atoms with E-state index in [0.29, 0.717) is 28.1 Å². The molecule has 0 spiro atoms. The van der Waals surface area contributed by atoms with Gasteiger partial charge in [0.25, 0.3) is 5.56 Å². The first-order chi connectivity index (χ1) is 10.0. The predicted octanol–water partition coefficient (Wildman–Crippen LogP) is 1.52. The standard InChI is InChI=1S/C13H14N4O3S/c1-7-5-14-13-17(12(7)19)9(6-21-13)4-11(18)15-10-3-8(2)20-16-10/h3,5,9H,4,6H2,1-2H3,(H,15,16,18)/t9-/m1/s1. The molecule has 0 bridgehead atoms. The van der Waals surface area contributed by atoms with E-state index in [1.807, 2.05) is 0 Å². The summed E-state index contributed by atoms with van der Waals surface area (Å²) in [5, 5.41) is 7.05. The number of hydrogen-bond donors (Lipinski definition) is 1. The molecule has 2 aromatic heterocycles. The summed E-state index contributed by atoms with van der Waals surface area (Å²) in [6.07, 6.45) is 1.78. The molecule has 0 saturated heterocycles. The number of aryl methyl sites for hydroxylation is 2. The van der Waals surface area contributed by atoms with Crippen LogP contribution in [0.1, 0.15) is 23.8 Å². The van der Waals surface area contributed by atoms with Crippen LogP contribution in [-0.4, -0.2) is 26.4 Å². The normalized spacial score (nSPS) is 16.8. The maximum atomic E-state index is 12.2.